The molecule has 2 amide bonds. The summed E-state index contributed by atoms with van der Waals surface area (Å²) in [5.41, 5.74) is 10.6. The van der Waals surface area contributed by atoms with Gasteiger partial charge in [0.1, 0.15) is 0 Å². The second-order valence-corrected chi connectivity index (χ2v) is 5.14. The van der Waals surface area contributed by atoms with Crippen molar-refractivity contribution < 1.29 is 22.0 Å². The van der Waals surface area contributed by atoms with E-state index in [1.807, 2.05) is 35.7 Å². The Hall–Kier alpha value is -3.19. The Morgan fingerprint density at radius 2 is 1.96 bits per heavy atom. The van der Waals surface area contributed by atoms with Crippen LogP contribution in [0.2, 0.25) is 0 Å². The Kier molecular flexibility index (Phi) is 5.51. The van der Waals surface area contributed by atoms with Gasteiger partial charge in [0.25, 0.3) is 0 Å². The van der Waals surface area contributed by atoms with Crippen LogP contribution >= 0.6 is 0 Å². The van der Waals surface area contributed by atoms with Crippen molar-refractivity contribution in [3.05, 3.63) is 71.3 Å². The Labute approximate surface area is 150 Å². The van der Waals surface area contributed by atoms with E-state index >= 15 is 0 Å². The van der Waals surface area contributed by atoms with Crippen LogP contribution in [0.1, 0.15) is 27.2 Å². The van der Waals surface area contributed by atoms with E-state index in [0.29, 0.717) is 11.3 Å². The number of amides is 2. The molecule has 3 N–H and O–H groups in total. The number of urea groups is 1. The Morgan fingerprint density at radius 1 is 1.24 bits per heavy atom. The van der Waals surface area contributed by atoms with E-state index in [2.05, 4.69) is 15.5 Å². The molecule has 0 aliphatic heterocycles. The average Bonchev–Trinajstić information content (AvgIpc) is 2.87. The van der Waals surface area contributed by atoms with Crippen molar-refractivity contribution in [2.45, 2.75) is 6.92 Å². The number of nitrogens with two attached hydrogens (primary N) is 1. The predicted molar refractivity (Wildman–Crippen MR) is 90.1 cm³/mol. The molecular weight excluding hydrogens is 342 g/mol. The second-order valence-electron chi connectivity index (χ2n) is 5.14. The molecule has 3 aromatic rings. The summed E-state index contributed by atoms with van der Waals surface area (Å²) in [6, 6.07) is 8.19. The van der Waals surface area contributed by atoms with Gasteiger partial charge in [0, 0.05) is 29.7 Å². The lowest BCUT2D eigenvalue weighted by Crippen LogP contribution is -3.00. The van der Waals surface area contributed by atoms with E-state index in [1.54, 1.807) is 24.5 Å². The smallest absolute Gasteiger partial charge is 0.332 e. The SMILES string of the molecule is Cc1c(C=NNC(N)=O)c2ccccn2c1C(=O)c1ccncc1.[Cl-]. The number of primary amides is 1. The summed E-state index contributed by atoms with van der Waals surface area (Å²) in [6.07, 6.45) is 6.46. The van der Waals surface area contributed by atoms with Crippen molar-refractivity contribution in [2.75, 3.05) is 0 Å². The molecule has 8 heteroatoms. The van der Waals surface area contributed by atoms with E-state index in [9.17, 15) is 9.59 Å². The van der Waals surface area contributed by atoms with Crippen molar-refractivity contribution >= 4 is 23.5 Å². The van der Waals surface area contributed by atoms with Gasteiger partial charge in [-0.05, 0) is 36.8 Å². The summed E-state index contributed by atoms with van der Waals surface area (Å²) in [6.45, 7) is 1.84. The highest BCUT2D eigenvalue weighted by molar-refractivity contribution is 6.11. The quantitative estimate of drug-likeness (QED) is 0.351. The maximum absolute atomic E-state index is 12.9. The first-order chi connectivity index (χ1) is 11.6. The maximum Gasteiger partial charge on any atom is 0.332 e. The molecule has 0 radical (unpaired) electrons. The van der Waals surface area contributed by atoms with Crippen molar-refractivity contribution in [1.29, 1.82) is 0 Å². The Morgan fingerprint density at radius 3 is 2.64 bits per heavy atom. The molecule has 0 aliphatic rings. The highest BCUT2D eigenvalue weighted by Crippen LogP contribution is 2.24. The summed E-state index contributed by atoms with van der Waals surface area (Å²) in [5.74, 6) is -0.112. The lowest BCUT2D eigenvalue weighted by Gasteiger charge is -2.03. The van der Waals surface area contributed by atoms with Crippen LogP contribution in [0.25, 0.3) is 5.52 Å². The van der Waals surface area contributed by atoms with E-state index in [1.165, 1.54) is 6.21 Å². The fourth-order valence-corrected chi connectivity index (χ4v) is 2.60. The summed E-state index contributed by atoms with van der Waals surface area (Å²) in [7, 11) is 0. The summed E-state index contributed by atoms with van der Waals surface area (Å²) < 4.78 is 1.81. The van der Waals surface area contributed by atoms with Crippen LogP contribution in [-0.4, -0.2) is 27.4 Å². The monoisotopic (exact) mass is 356 g/mol. The number of nitrogens with zero attached hydrogens (tertiary/aromatic N) is 3. The zero-order chi connectivity index (χ0) is 17.1. The lowest BCUT2D eigenvalue weighted by atomic mass is 10.1. The van der Waals surface area contributed by atoms with Gasteiger partial charge in [0.15, 0.2) is 0 Å². The van der Waals surface area contributed by atoms with E-state index in [-0.39, 0.29) is 18.2 Å². The molecule has 0 saturated carbocycles. The van der Waals surface area contributed by atoms with Crippen LogP contribution in [0.3, 0.4) is 0 Å². The first-order valence-electron chi connectivity index (χ1n) is 7.22. The fourth-order valence-electron chi connectivity index (χ4n) is 2.60. The zero-order valence-electron chi connectivity index (χ0n) is 13.3. The predicted octanol–water partition coefficient (Wildman–Crippen LogP) is -1.12. The number of nitrogens with one attached hydrogen (secondary N) is 1. The fraction of sp³-hybridized carbons (Fsp3) is 0.0588. The molecule has 0 spiro atoms. The van der Waals surface area contributed by atoms with Crippen LogP contribution in [0.15, 0.2) is 54.0 Å². The van der Waals surface area contributed by atoms with Gasteiger partial charge in [-0.1, -0.05) is 6.07 Å². The minimum absolute atomic E-state index is 0. The number of rotatable bonds is 4. The van der Waals surface area contributed by atoms with Gasteiger partial charge in [-0.2, -0.15) is 5.10 Å². The molecule has 7 nitrogen and oxygen atoms in total. The molecule has 3 aromatic heterocycles. The van der Waals surface area contributed by atoms with Gasteiger partial charge in [-0.25, -0.2) is 10.2 Å². The van der Waals surface area contributed by atoms with Gasteiger partial charge in [0.2, 0.25) is 5.78 Å². The Balaban J connectivity index is 0.00000225. The van der Waals surface area contributed by atoms with Gasteiger partial charge >= 0.3 is 6.03 Å². The van der Waals surface area contributed by atoms with E-state index in [0.717, 1.165) is 16.6 Å². The Bertz CT molecular complexity index is 950. The zero-order valence-corrected chi connectivity index (χ0v) is 14.1. The molecule has 25 heavy (non-hydrogen) atoms. The molecule has 0 aromatic carbocycles. The number of pyridine rings is 2. The third kappa shape index (κ3) is 3.51. The molecule has 128 valence electrons. The minimum atomic E-state index is -0.750. The number of hydrogen-bond acceptors (Lipinski definition) is 4. The first-order valence-corrected chi connectivity index (χ1v) is 7.22. The van der Waals surface area contributed by atoms with Crippen molar-refractivity contribution in [3.63, 3.8) is 0 Å². The molecule has 0 unspecified atom stereocenters. The van der Waals surface area contributed by atoms with Crippen LogP contribution in [0, 0.1) is 6.92 Å². The molecule has 0 atom stereocenters. The van der Waals surface area contributed by atoms with E-state index < -0.39 is 6.03 Å². The number of halogens is 1. The third-order valence-corrected chi connectivity index (χ3v) is 3.66. The number of fused-ring (bicyclic) bond motifs is 1. The van der Waals surface area contributed by atoms with Crippen LogP contribution < -0.4 is 23.6 Å². The molecule has 0 saturated heterocycles. The molecular formula is C17H15ClN5O2-. The number of ketones is 1. The largest absolute Gasteiger partial charge is 1.00 e. The van der Waals surface area contributed by atoms with Gasteiger partial charge < -0.3 is 22.5 Å². The number of carbonyl (C=O) groups excluding carboxylic acids is 2. The summed E-state index contributed by atoms with van der Waals surface area (Å²) >= 11 is 0. The van der Waals surface area contributed by atoms with Crippen LogP contribution in [-0.2, 0) is 0 Å². The highest BCUT2D eigenvalue weighted by atomic mass is 35.5. The topological polar surface area (TPSA) is 102 Å². The van der Waals surface area contributed by atoms with Gasteiger partial charge in [-0.3, -0.25) is 9.78 Å². The number of hydrogen-bond donors (Lipinski definition) is 2. The average molecular weight is 357 g/mol. The van der Waals surface area contributed by atoms with Crippen LogP contribution in [0.5, 0.6) is 0 Å². The van der Waals surface area contributed by atoms with Crippen molar-refractivity contribution in [1.82, 2.24) is 14.8 Å². The standard InChI is InChI=1S/C17H15N5O2.ClH/c1-11-13(10-20-21-17(18)24)14-4-2-3-9-22(14)15(11)16(23)12-5-7-19-8-6-12;/h2-10H,1H3,(H3,18,21,24);1H/p-1. The second kappa shape index (κ2) is 7.59. The number of carbonyl (C=O) groups is 2. The number of hydrazone groups is 1. The molecule has 0 aliphatic carbocycles. The minimum Gasteiger partial charge on any atom is -1.00 e. The molecule has 3 rings (SSSR count). The van der Waals surface area contributed by atoms with E-state index in [4.69, 9.17) is 5.73 Å². The molecule has 0 bridgehead atoms. The lowest BCUT2D eigenvalue weighted by molar-refractivity contribution is -0.0000155. The molecule has 3 heterocycles. The van der Waals surface area contributed by atoms with Gasteiger partial charge in [-0.15, -0.1) is 0 Å². The van der Waals surface area contributed by atoms with Crippen molar-refractivity contribution in [2.24, 2.45) is 10.8 Å². The highest BCUT2D eigenvalue weighted by Gasteiger charge is 2.20. The summed E-state index contributed by atoms with van der Waals surface area (Å²) in [5, 5.41) is 3.81. The van der Waals surface area contributed by atoms with Crippen LogP contribution in [0.4, 0.5) is 4.79 Å². The van der Waals surface area contributed by atoms with Crippen molar-refractivity contribution in [3.8, 4) is 0 Å². The third-order valence-electron chi connectivity index (χ3n) is 3.66. The summed E-state index contributed by atoms with van der Waals surface area (Å²) in [4.78, 5) is 27.6. The van der Waals surface area contributed by atoms with Gasteiger partial charge in [0.05, 0.1) is 17.4 Å². The maximum atomic E-state index is 12.9. The normalized spacial score (nSPS) is 10.6. The molecule has 0 fully saturated rings. The first kappa shape index (κ1) is 18.2. The number of aromatic nitrogens is 2.